The van der Waals surface area contributed by atoms with E-state index in [9.17, 15) is 0 Å². The molecule has 0 radical (unpaired) electrons. The van der Waals surface area contributed by atoms with E-state index in [-0.39, 0.29) is 12.0 Å². The maximum absolute atomic E-state index is 6.06. The fourth-order valence-corrected chi connectivity index (χ4v) is 2.97. The molecule has 1 atom stereocenters. The third kappa shape index (κ3) is 2.10. The van der Waals surface area contributed by atoms with Gasteiger partial charge in [-0.2, -0.15) is 4.98 Å². The van der Waals surface area contributed by atoms with Crippen molar-refractivity contribution < 1.29 is 4.52 Å². The van der Waals surface area contributed by atoms with E-state index in [0.717, 1.165) is 35.8 Å². The molecule has 0 aliphatic carbocycles. The standard InChI is InChI=1S/C15H16ClN5O/c1-8(2)14-19-15(22-20-14)12-13-10(3-5-17-12)18-11-7-9(16)4-6-21(11)13/h4,6-8,12,17H,3,5H2,1-2H3. The van der Waals surface area contributed by atoms with Crippen LogP contribution in [-0.2, 0) is 6.42 Å². The summed E-state index contributed by atoms with van der Waals surface area (Å²) in [6, 6.07) is 3.58. The average molecular weight is 318 g/mol. The van der Waals surface area contributed by atoms with Gasteiger partial charge >= 0.3 is 0 Å². The van der Waals surface area contributed by atoms with Gasteiger partial charge in [-0.15, -0.1) is 0 Å². The minimum atomic E-state index is -0.139. The number of imidazole rings is 1. The molecule has 4 heterocycles. The Labute approximate surface area is 132 Å². The van der Waals surface area contributed by atoms with Crippen molar-refractivity contribution in [3.63, 3.8) is 0 Å². The lowest BCUT2D eigenvalue weighted by Crippen LogP contribution is -2.31. The second-order valence-corrected chi connectivity index (χ2v) is 6.24. The van der Waals surface area contributed by atoms with Gasteiger partial charge in [-0.3, -0.25) is 0 Å². The molecule has 0 bridgehead atoms. The van der Waals surface area contributed by atoms with Crippen LogP contribution in [0.5, 0.6) is 0 Å². The Kier molecular flexibility index (Phi) is 3.16. The van der Waals surface area contributed by atoms with Gasteiger partial charge in [0.2, 0.25) is 5.89 Å². The van der Waals surface area contributed by atoms with Crippen LogP contribution >= 0.6 is 11.6 Å². The number of hydrogen-bond donors (Lipinski definition) is 1. The van der Waals surface area contributed by atoms with Crippen LogP contribution in [0.1, 0.15) is 48.9 Å². The van der Waals surface area contributed by atoms with Gasteiger partial charge in [-0.05, 0) is 6.07 Å². The minimum Gasteiger partial charge on any atom is -0.337 e. The zero-order valence-electron chi connectivity index (χ0n) is 12.4. The van der Waals surface area contributed by atoms with Crippen molar-refractivity contribution >= 4 is 17.2 Å². The molecule has 0 saturated heterocycles. The SMILES string of the molecule is CC(C)c1noc(C2NCCc3nc4cc(Cl)ccn4c32)n1. The number of nitrogens with one attached hydrogen (secondary N) is 1. The summed E-state index contributed by atoms with van der Waals surface area (Å²) < 4.78 is 7.51. The molecule has 1 aliphatic heterocycles. The first-order chi connectivity index (χ1) is 10.6. The van der Waals surface area contributed by atoms with Crippen LogP contribution in [0, 0.1) is 0 Å². The highest BCUT2D eigenvalue weighted by atomic mass is 35.5. The van der Waals surface area contributed by atoms with Crippen LogP contribution in [0.3, 0.4) is 0 Å². The third-order valence-corrected chi connectivity index (χ3v) is 4.14. The molecule has 0 fully saturated rings. The Morgan fingerprint density at radius 2 is 2.27 bits per heavy atom. The molecule has 1 N–H and O–H groups in total. The van der Waals surface area contributed by atoms with Gasteiger partial charge in [-0.25, -0.2) is 4.98 Å². The molecule has 4 rings (SSSR count). The summed E-state index contributed by atoms with van der Waals surface area (Å²) >= 11 is 6.06. The highest BCUT2D eigenvalue weighted by Crippen LogP contribution is 2.30. The summed E-state index contributed by atoms with van der Waals surface area (Å²) in [6.07, 6.45) is 2.81. The van der Waals surface area contributed by atoms with Crippen LogP contribution < -0.4 is 5.32 Å². The van der Waals surface area contributed by atoms with E-state index < -0.39 is 0 Å². The predicted molar refractivity (Wildman–Crippen MR) is 82.1 cm³/mol. The largest absolute Gasteiger partial charge is 0.337 e. The van der Waals surface area contributed by atoms with Crippen LogP contribution in [-0.4, -0.2) is 26.1 Å². The van der Waals surface area contributed by atoms with Gasteiger partial charge in [0.05, 0.1) is 11.4 Å². The fraction of sp³-hybridized carbons (Fsp3) is 0.400. The van der Waals surface area contributed by atoms with Crippen molar-refractivity contribution in [1.29, 1.82) is 0 Å². The molecule has 0 aromatic carbocycles. The van der Waals surface area contributed by atoms with Gasteiger partial charge < -0.3 is 14.2 Å². The lowest BCUT2D eigenvalue weighted by molar-refractivity contribution is 0.336. The first-order valence-corrected chi connectivity index (χ1v) is 7.74. The summed E-state index contributed by atoms with van der Waals surface area (Å²) in [4.78, 5) is 9.21. The van der Waals surface area contributed by atoms with Crippen molar-refractivity contribution in [2.24, 2.45) is 0 Å². The lowest BCUT2D eigenvalue weighted by Gasteiger charge is -2.20. The number of fused-ring (bicyclic) bond motifs is 3. The number of rotatable bonds is 2. The first-order valence-electron chi connectivity index (χ1n) is 7.36. The van der Waals surface area contributed by atoms with Crippen molar-refractivity contribution in [3.8, 4) is 0 Å². The highest BCUT2D eigenvalue weighted by molar-refractivity contribution is 6.30. The molecular formula is C15H16ClN5O. The van der Waals surface area contributed by atoms with Gasteiger partial charge in [0, 0.05) is 36.2 Å². The van der Waals surface area contributed by atoms with Crippen molar-refractivity contribution in [1.82, 2.24) is 24.8 Å². The maximum Gasteiger partial charge on any atom is 0.250 e. The number of pyridine rings is 1. The first kappa shape index (κ1) is 13.7. The minimum absolute atomic E-state index is 0.139. The lowest BCUT2D eigenvalue weighted by atomic mass is 10.1. The summed E-state index contributed by atoms with van der Waals surface area (Å²) in [5, 5.41) is 8.19. The Bertz CT molecular complexity index is 838. The zero-order valence-corrected chi connectivity index (χ0v) is 13.1. The molecule has 1 unspecified atom stereocenters. The Balaban J connectivity index is 1.85. The number of hydrogen-bond acceptors (Lipinski definition) is 5. The van der Waals surface area contributed by atoms with E-state index in [2.05, 4.69) is 20.4 Å². The molecule has 7 heteroatoms. The Hall–Kier alpha value is -1.92. The predicted octanol–water partition coefficient (Wildman–Crippen LogP) is 2.73. The quantitative estimate of drug-likeness (QED) is 0.787. The number of aromatic nitrogens is 4. The van der Waals surface area contributed by atoms with E-state index in [1.807, 2.05) is 36.6 Å². The second kappa shape index (κ2) is 5.07. The number of nitrogens with zero attached hydrogens (tertiary/aromatic N) is 4. The molecular weight excluding hydrogens is 302 g/mol. The van der Waals surface area contributed by atoms with Gasteiger partial charge in [0.15, 0.2) is 5.82 Å². The molecule has 22 heavy (non-hydrogen) atoms. The van der Waals surface area contributed by atoms with Gasteiger partial charge in [0.1, 0.15) is 11.7 Å². The smallest absolute Gasteiger partial charge is 0.250 e. The second-order valence-electron chi connectivity index (χ2n) is 5.80. The molecule has 3 aromatic heterocycles. The monoisotopic (exact) mass is 317 g/mol. The fourth-order valence-electron chi connectivity index (χ4n) is 2.81. The maximum atomic E-state index is 6.06. The summed E-state index contributed by atoms with van der Waals surface area (Å²) in [7, 11) is 0. The highest BCUT2D eigenvalue weighted by Gasteiger charge is 2.31. The van der Waals surface area contributed by atoms with E-state index >= 15 is 0 Å². The molecule has 0 amide bonds. The summed E-state index contributed by atoms with van der Waals surface area (Å²) in [5.74, 6) is 1.55. The van der Waals surface area contributed by atoms with E-state index in [4.69, 9.17) is 16.1 Å². The third-order valence-electron chi connectivity index (χ3n) is 3.91. The van der Waals surface area contributed by atoms with Crippen LogP contribution in [0.25, 0.3) is 5.65 Å². The molecule has 6 nitrogen and oxygen atoms in total. The van der Waals surface area contributed by atoms with E-state index in [1.54, 1.807) is 0 Å². The topological polar surface area (TPSA) is 68.2 Å². The van der Waals surface area contributed by atoms with E-state index in [0.29, 0.717) is 10.9 Å². The van der Waals surface area contributed by atoms with E-state index in [1.165, 1.54) is 0 Å². The zero-order chi connectivity index (χ0) is 15.3. The molecule has 0 saturated carbocycles. The van der Waals surface area contributed by atoms with Gasteiger partial charge in [-0.1, -0.05) is 30.6 Å². The Morgan fingerprint density at radius 3 is 3.05 bits per heavy atom. The van der Waals surface area contributed by atoms with Crippen molar-refractivity contribution in [2.75, 3.05) is 6.54 Å². The Morgan fingerprint density at radius 1 is 1.41 bits per heavy atom. The van der Waals surface area contributed by atoms with Crippen molar-refractivity contribution in [3.05, 3.63) is 46.5 Å². The average Bonchev–Trinajstić information content (AvgIpc) is 3.10. The molecule has 1 aliphatic rings. The normalized spacial score (nSPS) is 18.1. The molecule has 114 valence electrons. The van der Waals surface area contributed by atoms with Gasteiger partial charge in [0.25, 0.3) is 0 Å². The van der Waals surface area contributed by atoms with Crippen LogP contribution in [0.2, 0.25) is 5.02 Å². The summed E-state index contributed by atoms with van der Waals surface area (Å²) in [6.45, 7) is 4.92. The molecule has 3 aromatic rings. The molecule has 0 spiro atoms. The summed E-state index contributed by atoms with van der Waals surface area (Å²) in [5.41, 5.74) is 2.95. The van der Waals surface area contributed by atoms with Crippen molar-refractivity contribution in [2.45, 2.75) is 32.2 Å². The van der Waals surface area contributed by atoms with Crippen LogP contribution in [0.15, 0.2) is 22.9 Å². The number of halogens is 1. The van der Waals surface area contributed by atoms with Crippen LogP contribution in [0.4, 0.5) is 0 Å².